The van der Waals surface area contributed by atoms with E-state index in [0.29, 0.717) is 10.7 Å². The Morgan fingerprint density at radius 3 is 2.09 bits per heavy atom. The van der Waals surface area contributed by atoms with Gasteiger partial charge >= 0.3 is 6.09 Å². The van der Waals surface area contributed by atoms with Crippen LogP contribution in [0.4, 0.5) is 4.79 Å². The number of benzene rings is 2. The highest BCUT2D eigenvalue weighted by atomic mass is 16.6. The summed E-state index contributed by atoms with van der Waals surface area (Å²) in [6.45, 7) is 9.70. The average molecular weight is 455 g/mol. The summed E-state index contributed by atoms with van der Waals surface area (Å²) in [7, 11) is 0. The molecular formula is C23H30N6O4. The molecular weight excluding hydrogens is 424 g/mol. The molecule has 0 spiro atoms. The zero-order valence-corrected chi connectivity index (χ0v) is 19.5. The van der Waals surface area contributed by atoms with Crippen LogP contribution >= 0.6 is 0 Å². The lowest BCUT2D eigenvalue weighted by Crippen LogP contribution is -2.34. The number of aromatic amines is 2. The monoisotopic (exact) mass is 454 g/mol. The van der Waals surface area contributed by atoms with Crippen LogP contribution in [0.1, 0.15) is 34.6 Å². The van der Waals surface area contributed by atoms with Crippen LogP contribution in [0.5, 0.6) is 0 Å². The van der Waals surface area contributed by atoms with Gasteiger partial charge < -0.3 is 26.0 Å². The summed E-state index contributed by atoms with van der Waals surface area (Å²) in [5.74, 6) is 0. The maximum absolute atomic E-state index is 13.4. The molecule has 0 radical (unpaired) electrons. The van der Waals surface area contributed by atoms with Gasteiger partial charge in [0.05, 0.1) is 44.3 Å². The number of ether oxygens (including phenoxy) is 1. The second-order valence-corrected chi connectivity index (χ2v) is 9.36. The smallest absolute Gasteiger partial charge is 0.407 e. The third kappa shape index (κ3) is 5.46. The fourth-order valence-electron chi connectivity index (χ4n) is 3.31. The van der Waals surface area contributed by atoms with Crippen LogP contribution in [-0.4, -0.2) is 47.1 Å². The van der Waals surface area contributed by atoms with Crippen molar-refractivity contribution in [2.24, 2.45) is 15.7 Å². The first kappa shape index (κ1) is 24.1. The minimum atomic E-state index is -0.621. The molecule has 0 aliphatic rings. The molecule has 0 atom stereocenters. The van der Waals surface area contributed by atoms with Crippen LogP contribution in [0.25, 0.3) is 21.5 Å². The number of amides is 1. The van der Waals surface area contributed by atoms with Crippen LogP contribution in [0.2, 0.25) is 0 Å². The summed E-state index contributed by atoms with van der Waals surface area (Å²) in [6, 6.07) is 3.33. The van der Waals surface area contributed by atoms with Gasteiger partial charge in [-0.15, -0.1) is 0 Å². The van der Waals surface area contributed by atoms with E-state index in [-0.39, 0.29) is 52.0 Å². The molecule has 2 aromatic carbocycles. The molecule has 0 fully saturated rings. The fraction of sp³-hybridized carbons (Fsp3) is 0.435. The number of H-pyrrole nitrogens is 2. The number of carbonyl (C=O) groups excluding carboxylic acids is 1. The van der Waals surface area contributed by atoms with E-state index in [2.05, 4.69) is 25.5 Å². The summed E-state index contributed by atoms with van der Waals surface area (Å²) >= 11 is 0. The number of hydrogen-bond acceptors (Lipinski definition) is 7. The average Bonchev–Trinajstić information content (AvgIpc) is 2.74. The van der Waals surface area contributed by atoms with Crippen molar-refractivity contribution < 1.29 is 9.53 Å². The maximum Gasteiger partial charge on any atom is 0.407 e. The second-order valence-electron chi connectivity index (χ2n) is 9.36. The zero-order chi connectivity index (χ0) is 24.4. The standard InChI is InChI=1S/C23H30N6O4/c1-22(2,3)33-21(32)26-9-8-25-15-6-7-16(29-23(4,5)12-24)18-17(15)19(30)13-10-27-28-11-14(13)20(18)31/h6-7,10-11,27-28H,8-9,12,24H2,1-5H3,(H,26,32). The first-order chi connectivity index (χ1) is 15.4. The van der Waals surface area contributed by atoms with Crippen molar-refractivity contribution in [2.45, 2.75) is 45.8 Å². The molecule has 10 nitrogen and oxygen atoms in total. The van der Waals surface area contributed by atoms with Crippen LogP contribution in [0.15, 0.2) is 44.1 Å². The van der Waals surface area contributed by atoms with Gasteiger partial charge in [0, 0.05) is 25.5 Å². The van der Waals surface area contributed by atoms with E-state index in [0.717, 1.165) is 0 Å². The van der Waals surface area contributed by atoms with Crippen molar-refractivity contribution in [3.63, 3.8) is 0 Å². The fourth-order valence-corrected chi connectivity index (χ4v) is 3.31. The molecule has 33 heavy (non-hydrogen) atoms. The molecule has 3 aromatic rings. The molecule has 3 rings (SSSR count). The summed E-state index contributed by atoms with van der Waals surface area (Å²) in [5, 5.41) is 9.77. The Morgan fingerprint density at radius 1 is 1.00 bits per heavy atom. The van der Waals surface area contributed by atoms with E-state index in [9.17, 15) is 14.4 Å². The summed E-state index contributed by atoms with van der Waals surface area (Å²) in [5.41, 5.74) is 3.95. The molecule has 176 valence electrons. The Labute approximate surface area is 189 Å². The normalized spacial score (nSPS) is 13.6. The molecule has 0 aliphatic heterocycles. The molecule has 0 saturated carbocycles. The van der Waals surface area contributed by atoms with Crippen molar-refractivity contribution in [2.75, 3.05) is 19.6 Å². The number of aromatic nitrogens is 2. The number of rotatable bonds is 5. The number of nitrogens with one attached hydrogen (secondary N) is 3. The molecule has 0 bridgehead atoms. The summed E-state index contributed by atoms with van der Waals surface area (Å²) < 4.78 is 5.20. The van der Waals surface area contributed by atoms with Crippen LogP contribution in [0, 0.1) is 0 Å². The summed E-state index contributed by atoms with van der Waals surface area (Å²) in [4.78, 5) is 47.7. The molecule has 0 aliphatic carbocycles. The van der Waals surface area contributed by atoms with Crippen LogP contribution in [-0.2, 0) is 4.74 Å². The lowest BCUT2D eigenvalue weighted by molar-refractivity contribution is 0.0529. The minimum absolute atomic E-state index is 0.193. The lowest BCUT2D eigenvalue weighted by atomic mass is 10.0. The second kappa shape index (κ2) is 9.14. The Morgan fingerprint density at radius 2 is 1.55 bits per heavy atom. The topological polar surface area (TPSA) is 155 Å². The van der Waals surface area contributed by atoms with Crippen molar-refractivity contribution in [3.05, 3.63) is 55.7 Å². The minimum Gasteiger partial charge on any atom is -0.444 e. The molecule has 0 unspecified atom stereocenters. The predicted octanol–water partition coefficient (Wildman–Crippen LogP) is 0.871. The van der Waals surface area contributed by atoms with Gasteiger partial charge in [0.15, 0.2) is 10.9 Å². The number of alkyl carbamates (subject to hydrolysis) is 1. The lowest BCUT2D eigenvalue weighted by Gasteiger charge is -2.19. The highest BCUT2D eigenvalue weighted by Gasteiger charge is 2.18. The molecule has 1 aromatic heterocycles. The Bertz CT molecular complexity index is 1430. The van der Waals surface area contributed by atoms with E-state index in [1.807, 2.05) is 13.8 Å². The van der Waals surface area contributed by atoms with Gasteiger partial charge in [-0.3, -0.25) is 19.6 Å². The number of nitrogens with zero attached hydrogens (tertiary/aromatic N) is 2. The Balaban J connectivity index is 2.16. The quantitative estimate of drug-likeness (QED) is 0.333. The van der Waals surface area contributed by atoms with Gasteiger partial charge in [-0.2, -0.15) is 0 Å². The van der Waals surface area contributed by atoms with Crippen LogP contribution < -0.4 is 32.6 Å². The zero-order valence-electron chi connectivity index (χ0n) is 19.5. The number of hydrogen-bond donors (Lipinski definition) is 4. The molecule has 0 saturated heterocycles. The first-order valence-electron chi connectivity index (χ1n) is 10.7. The summed E-state index contributed by atoms with van der Waals surface area (Å²) in [6.07, 6.45) is 2.37. The first-order valence-corrected chi connectivity index (χ1v) is 10.7. The molecule has 10 heteroatoms. The van der Waals surface area contributed by atoms with Crippen LogP contribution in [0.3, 0.4) is 0 Å². The van der Waals surface area contributed by atoms with Crippen molar-refractivity contribution >= 4 is 27.6 Å². The predicted molar refractivity (Wildman–Crippen MR) is 127 cm³/mol. The van der Waals surface area contributed by atoms with E-state index in [1.54, 1.807) is 32.9 Å². The Hall–Kier alpha value is -3.53. The van der Waals surface area contributed by atoms with Crippen molar-refractivity contribution in [1.29, 1.82) is 0 Å². The van der Waals surface area contributed by atoms with Gasteiger partial charge in [0.25, 0.3) is 0 Å². The Kier molecular flexibility index (Phi) is 6.68. The molecule has 5 N–H and O–H groups in total. The largest absolute Gasteiger partial charge is 0.444 e. The maximum atomic E-state index is 13.4. The van der Waals surface area contributed by atoms with E-state index in [4.69, 9.17) is 10.5 Å². The van der Waals surface area contributed by atoms with E-state index < -0.39 is 17.2 Å². The third-order valence-electron chi connectivity index (χ3n) is 4.90. The van der Waals surface area contributed by atoms with Gasteiger partial charge in [-0.25, -0.2) is 4.79 Å². The van der Waals surface area contributed by atoms with E-state index in [1.165, 1.54) is 12.4 Å². The number of nitrogens with two attached hydrogens (primary N) is 1. The molecule has 1 amide bonds. The molecule has 1 heterocycles. The third-order valence-corrected chi connectivity index (χ3v) is 4.90. The SMILES string of the molecule is CC(C)(CN)N=c1ccc(=NCCNC(=O)OC(C)(C)C)c2c(=O)c3c[nH][nH]cc3c(=O)c12. The van der Waals surface area contributed by atoms with Gasteiger partial charge in [0.1, 0.15) is 5.60 Å². The van der Waals surface area contributed by atoms with E-state index >= 15 is 0 Å². The highest BCUT2D eigenvalue weighted by molar-refractivity contribution is 5.96. The number of carbonyl (C=O) groups is 1. The van der Waals surface area contributed by atoms with Crippen molar-refractivity contribution in [1.82, 2.24) is 15.5 Å². The van der Waals surface area contributed by atoms with Gasteiger partial charge in [0.2, 0.25) is 0 Å². The van der Waals surface area contributed by atoms with Gasteiger partial charge in [-0.1, -0.05) is 0 Å². The number of fused-ring (bicyclic) bond motifs is 2. The van der Waals surface area contributed by atoms with Crippen molar-refractivity contribution in [3.8, 4) is 0 Å². The van der Waals surface area contributed by atoms with Gasteiger partial charge in [-0.05, 0) is 46.8 Å². The highest BCUT2D eigenvalue weighted by Crippen LogP contribution is 2.09.